The molecular formula is C21H32N2O2. The summed E-state index contributed by atoms with van der Waals surface area (Å²) in [5.74, 6) is 0. The van der Waals surface area contributed by atoms with E-state index in [2.05, 4.69) is 40.1 Å². The second-order valence-corrected chi connectivity index (χ2v) is 8.09. The minimum absolute atomic E-state index is 0.357. The quantitative estimate of drug-likeness (QED) is 0.860. The van der Waals surface area contributed by atoms with Crippen LogP contribution >= 0.6 is 0 Å². The van der Waals surface area contributed by atoms with E-state index >= 15 is 0 Å². The lowest BCUT2D eigenvalue weighted by atomic mass is 9.98. The summed E-state index contributed by atoms with van der Waals surface area (Å²) in [6, 6.07) is 12.0. The Kier molecular flexibility index (Phi) is 5.59. The maximum absolute atomic E-state index is 10.4. The number of piperazine rings is 1. The zero-order valence-electron chi connectivity index (χ0n) is 15.2. The summed E-state index contributed by atoms with van der Waals surface area (Å²) in [5, 5.41) is 10.4. The highest BCUT2D eigenvalue weighted by Crippen LogP contribution is 2.34. The van der Waals surface area contributed by atoms with E-state index in [0.29, 0.717) is 24.8 Å². The maximum atomic E-state index is 10.4. The Hall–Kier alpha value is -1.10. The summed E-state index contributed by atoms with van der Waals surface area (Å²) in [7, 11) is 0. The number of β-amino-alcohol motifs (C(OH)–C–C–N with tert-alkyl or cyclic N) is 1. The molecule has 1 aromatic carbocycles. The summed E-state index contributed by atoms with van der Waals surface area (Å²) >= 11 is 0. The molecule has 2 heterocycles. The number of nitrogens with zero attached hydrogens (tertiary/aromatic N) is 2. The molecule has 1 aromatic rings. The molecule has 2 aliphatic heterocycles. The third kappa shape index (κ3) is 4.18. The van der Waals surface area contributed by atoms with Crippen molar-refractivity contribution in [1.82, 2.24) is 4.90 Å². The van der Waals surface area contributed by atoms with Crippen molar-refractivity contribution in [2.75, 3.05) is 31.1 Å². The molecule has 2 unspecified atom stereocenters. The number of fused-ring (bicyclic) bond motifs is 2. The minimum Gasteiger partial charge on any atom is -0.389 e. The highest BCUT2D eigenvalue weighted by molar-refractivity contribution is 5.50. The first-order valence-electron chi connectivity index (χ1n) is 10.1. The van der Waals surface area contributed by atoms with Gasteiger partial charge >= 0.3 is 0 Å². The molecule has 0 spiro atoms. The van der Waals surface area contributed by atoms with Crippen LogP contribution in [-0.2, 0) is 4.74 Å². The maximum Gasteiger partial charge on any atom is 0.0900 e. The molecule has 0 amide bonds. The summed E-state index contributed by atoms with van der Waals surface area (Å²) in [5.41, 5.74) is 1.36. The zero-order valence-corrected chi connectivity index (χ0v) is 15.2. The molecule has 25 heavy (non-hydrogen) atoms. The number of para-hydroxylation sites is 1. The van der Waals surface area contributed by atoms with Crippen LogP contribution in [-0.4, -0.2) is 60.5 Å². The number of aliphatic hydroxyl groups is 1. The van der Waals surface area contributed by atoms with Crippen molar-refractivity contribution in [2.24, 2.45) is 0 Å². The molecule has 3 fully saturated rings. The van der Waals surface area contributed by atoms with Gasteiger partial charge in [0.25, 0.3) is 0 Å². The van der Waals surface area contributed by atoms with Gasteiger partial charge in [-0.2, -0.15) is 0 Å². The van der Waals surface area contributed by atoms with Gasteiger partial charge in [-0.15, -0.1) is 0 Å². The smallest absolute Gasteiger partial charge is 0.0900 e. The summed E-state index contributed by atoms with van der Waals surface area (Å²) in [6.45, 7) is 3.37. The van der Waals surface area contributed by atoms with Crippen molar-refractivity contribution in [3.05, 3.63) is 30.3 Å². The lowest BCUT2D eigenvalue weighted by Gasteiger charge is -2.43. The number of benzene rings is 1. The molecule has 2 saturated heterocycles. The topological polar surface area (TPSA) is 35.9 Å². The molecule has 4 nitrogen and oxygen atoms in total. The number of aliphatic hydroxyl groups excluding tert-OH is 1. The van der Waals surface area contributed by atoms with Gasteiger partial charge in [0, 0.05) is 37.4 Å². The molecule has 0 radical (unpaired) electrons. The molecule has 0 aromatic heterocycles. The van der Waals surface area contributed by atoms with Crippen LogP contribution in [0.15, 0.2) is 30.3 Å². The molecule has 1 N–H and O–H groups in total. The largest absolute Gasteiger partial charge is 0.389 e. The molecule has 4 rings (SSSR count). The van der Waals surface area contributed by atoms with Gasteiger partial charge in [0.1, 0.15) is 0 Å². The lowest BCUT2D eigenvalue weighted by molar-refractivity contribution is -0.0348. The van der Waals surface area contributed by atoms with Gasteiger partial charge in [0.15, 0.2) is 0 Å². The Labute approximate surface area is 151 Å². The van der Waals surface area contributed by atoms with Crippen molar-refractivity contribution in [3.8, 4) is 0 Å². The average Bonchev–Trinajstić information content (AvgIpc) is 2.92. The Morgan fingerprint density at radius 2 is 1.64 bits per heavy atom. The molecule has 1 aliphatic carbocycles. The van der Waals surface area contributed by atoms with E-state index in [-0.39, 0.29) is 6.10 Å². The first kappa shape index (κ1) is 17.3. The Balaban J connectivity index is 1.26. The van der Waals surface area contributed by atoms with Crippen LogP contribution < -0.4 is 4.90 Å². The van der Waals surface area contributed by atoms with E-state index in [1.807, 2.05) is 0 Å². The van der Waals surface area contributed by atoms with Gasteiger partial charge in [-0.1, -0.05) is 37.5 Å². The van der Waals surface area contributed by atoms with Crippen molar-refractivity contribution in [3.63, 3.8) is 0 Å². The first-order valence-corrected chi connectivity index (χ1v) is 10.1. The monoisotopic (exact) mass is 344 g/mol. The number of likely N-dealkylation sites (tertiary alicyclic amines) is 1. The van der Waals surface area contributed by atoms with Crippen molar-refractivity contribution in [2.45, 2.75) is 69.2 Å². The number of ether oxygens (including phenoxy) is 1. The average molecular weight is 344 g/mol. The van der Waals surface area contributed by atoms with E-state index < -0.39 is 0 Å². The number of hydrogen-bond acceptors (Lipinski definition) is 4. The minimum atomic E-state index is -0.357. The van der Waals surface area contributed by atoms with Gasteiger partial charge in [0.2, 0.25) is 0 Å². The van der Waals surface area contributed by atoms with Crippen LogP contribution in [0.2, 0.25) is 0 Å². The van der Waals surface area contributed by atoms with Crippen molar-refractivity contribution in [1.29, 1.82) is 0 Å². The second kappa shape index (κ2) is 8.07. The standard InChI is InChI=1S/C21H32N2O2/c24-20(16-25-21-9-5-2-6-10-21)15-22-13-18-11-12-19(14-22)23(18)17-7-3-1-4-8-17/h1,3-4,7-8,18-21,24H,2,5-6,9-16H2/t18?,19?,20-/m0/s1. The molecular weight excluding hydrogens is 312 g/mol. The molecule has 2 bridgehead atoms. The molecule has 138 valence electrons. The fourth-order valence-electron chi connectivity index (χ4n) is 4.99. The van der Waals surface area contributed by atoms with E-state index in [1.165, 1.54) is 50.6 Å². The van der Waals surface area contributed by atoms with Gasteiger partial charge in [0.05, 0.1) is 18.8 Å². The fourth-order valence-corrected chi connectivity index (χ4v) is 4.99. The van der Waals surface area contributed by atoms with Gasteiger partial charge in [-0.05, 0) is 37.8 Å². The van der Waals surface area contributed by atoms with Crippen molar-refractivity contribution < 1.29 is 9.84 Å². The number of anilines is 1. The van der Waals surface area contributed by atoms with Gasteiger partial charge in [-0.3, -0.25) is 4.90 Å². The predicted molar refractivity (Wildman–Crippen MR) is 101 cm³/mol. The first-order chi connectivity index (χ1) is 12.3. The van der Waals surface area contributed by atoms with Crippen molar-refractivity contribution >= 4 is 5.69 Å². The highest BCUT2D eigenvalue weighted by atomic mass is 16.5. The van der Waals surface area contributed by atoms with Crippen LogP contribution in [0.25, 0.3) is 0 Å². The van der Waals surface area contributed by atoms with Crippen LogP contribution in [0.5, 0.6) is 0 Å². The Bertz CT molecular complexity index is 518. The van der Waals surface area contributed by atoms with Crippen LogP contribution in [0.3, 0.4) is 0 Å². The number of hydrogen-bond donors (Lipinski definition) is 1. The van der Waals surface area contributed by atoms with E-state index in [9.17, 15) is 5.11 Å². The zero-order chi connectivity index (χ0) is 17.1. The van der Waals surface area contributed by atoms with E-state index in [1.54, 1.807) is 0 Å². The van der Waals surface area contributed by atoms with Crippen LogP contribution in [0.4, 0.5) is 5.69 Å². The third-order valence-corrected chi connectivity index (χ3v) is 6.16. The van der Waals surface area contributed by atoms with Crippen LogP contribution in [0.1, 0.15) is 44.9 Å². The van der Waals surface area contributed by atoms with Crippen LogP contribution in [0, 0.1) is 0 Å². The van der Waals surface area contributed by atoms with E-state index in [4.69, 9.17) is 4.74 Å². The summed E-state index contributed by atoms with van der Waals surface area (Å²) in [6.07, 6.45) is 8.82. The molecule has 4 heteroatoms. The highest BCUT2D eigenvalue weighted by Gasteiger charge is 2.40. The number of rotatable bonds is 6. The molecule has 1 saturated carbocycles. The van der Waals surface area contributed by atoms with Gasteiger partial charge in [-0.25, -0.2) is 0 Å². The summed E-state index contributed by atoms with van der Waals surface area (Å²) in [4.78, 5) is 5.07. The SMILES string of the molecule is O[C@H](COC1CCCCC1)CN1CC2CCC(C1)N2c1ccccc1. The molecule has 3 aliphatic rings. The Morgan fingerprint density at radius 3 is 2.32 bits per heavy atom. The molecule has 3 atom stereocenters. The van der Waals surface area contributed by atoms with E-state index in [0.717, 1.165) is 19.6 Å². The van der Waals surface area contributed by atoms with Gasteiger partial charge < -0.3 is 14.7 Å². The third-order valence-electron chi connectivity index (χ3n) is 6.16. The predicted octanol–water partition coefficient (Wildman–Crippen LogP) is 3.05. The lowest BCUT2D eigenvalue weighted by Crippen LogP contribution is -2.55. The fraction of sp³-hybridized carbons (Fsp3) is 0.714. The second-order valence-electron chi connectivity index (χ2n) is 8.09. The summed E-state index contributed by atoms with van der Waals surface area (Å²) < 4.78 is 5.96. The normalized spacial score (nSPS) is 29.1. The Morgan fingerprint density at radius 1 is 0.960 bits per heavy atom.